The first-order chi connectivity index (χ1) is 11.9. The van der Waals surface area contributed by atoms with Gasteiger partial charge in [-0.25, -0.2) is 8.78 Å². The summed E-state index contributed by atoms with van der Waals surface area (Å²) in [6.07, 6.45) is -4.87. The molecule has 0 saturated carbocycles. The van der Waals surface area contributed by atoms with Crippen LogP contribution in [0.5, 0.6) is 5.75 Å². The van der Waals surface area contributed by atoms with E-state index in [0.29, 0.717) is 5.75 Å². The van der Waals surface area contributed by atoms with Crippen molar-refractivity contribution in [2.45, 2.75) is 12.8 Å². The van der Waals surface area contributed by atoms with E-state index in [2.05, 4.69) is 14.7 Å². The molecule has 0 aliphatic heterocycles. The van der Waals surface area contributed by atoms with E-state index in [4.69, 9.17) is 4.74 Å². The summed E-state index contributed by atoms with van der Waals surface area (Å²) in [5.74, 6) is -4.52. The zero-order valence-electron chi connectivity index (χ0n) is 12.3. The van der Waals surface area contributed by atoms with Gasteiger partial charge in [-0.15, -0.1) is 0 Å². The standard InChI is InChI=1S/C16H9F5N2O2/c17-12-9(8-24-10-4-2-1-3-5-10)6-7-11(13(12)18)14-22-15(25-23-14)16(19,20)21/h1-7H,8H2. The molecule has 9 heteroatoms. The van der Waals surface area contributed by atoms with E-state index in [-0.39, 0.29) is 12.2 Å². The fraction of sp³-hybridized carbons (Fsp3) is 0.125. The zero-order chi connectivity index (χ0) is 18.0. The van der Waals surface area contributed by atoms with E-state index >= 15 is 0 Å². The topological polar surface area (TPSA) is 48.2 Å². The summed E-state index contributed by atoms with van der Waals surface area (Å²) in [5, 5.41) is 3.03. The second-order valence-electron chi connectivity index (χ2n) is 4.92. The molecule has 0 unspecified atom stereocenters. The van der Waals surface area contributed by atoms with Crippen LogP contribution in [0, 0.1) is 11.6 Å². The summed E-state index contributed by atoms with van der Waals surface area (Å²) < 4.78 is 74.9. The third-order valence-corrected chi connectivity index (χ3v) is 3.21. The first-order valence-corrected chi connectivity index (χ1v) is 6.92. The predicted octanol–water partition coefficient (Wildman–Crippen LogP) is 4.61. The molecule has 130 valence electrons. The lowest BCUT2D eigenvalue weighted by Gasteiger charge is -2.08. The molecular formula is C16H9F5N2O2. The van der Waals surface area contributed by atoms with E-state index < -0.39 is 35.1 Å². The summed E-state index contributed by atoms with van der Waals surface area (Å²) in [6.45, 7) is -0.257. The van der Waals surface area contributed by atoms with Crippen molar-refractivity contribution in [3.8, 4) is 17.1 Å². The molecule has 0 radical (unpaired) electrons. The van der Waals surface area contributed by atoms with Gasteiger partial charge in [0.15, 0.2) is 11.6 Å². The van der Waals surface area contributed by atoms with Gasteiger partial charge in [-0.2, -0.15) is 18.2 Å². The molecule has 0 spiro atoms. The third kappa shape index (κ3) is 3.59. The van der Waals surface area contributed by atoms with E-state index in [9.17, 15) is 22.0 Å². The van der Waals surface area contributed by atoms with Crippen molar-refractivity contribution in [3.63, 3.8) is 0 Å². The second-order valence-corrected chi connectivity index (χ2v) is 4.92. The molecule has 0 N–H and O–H groups in total. The minimum absolute atomic E-state index is 0.107. The van der Waals surface area contributed by atoms with Crippen LogP contribution in [0.4, 0.5) is 22.0 Å². The van der Waals surface area contributed by atoms with Crippen LogP contribution < -0.4 is 4.74 Å². The van der Waals surface area contributed by atoms with Gasteiger partial charge in [0.05, 0.1) is 5.56 Å². The molecule has 3 aromatic rings. The number of hydrogen-bond acceptors (Lipinski definition) is 4. The third-order valence-electron chi connectivity index (χ3n) is 3.21. The number of aromatic nitrogens is 2. The van der Waals surface area contributed by atoms with Crippen LogP contribution in [0.2, 0.25) is 0 Å². The molecule has 3 rings (SSSR count). The molecule has 0 bridgehead atoms. The van der Waals surface area contributed by atoms with Crippen molar-refractivity contribution in [3.05, 3.63) is 65.6 Å². The van der Waals surface area contributed by atoms with Crippen molar-refractivity contribution in [2.75, 3.05) is 0 Å². The second kappa shape index (κ2) is 6.50. The van der Waals surface area contributed by atoms with Crippen LogP contribution in [0.3, 0.4) is 0 Å². The highest BCUT2D eigenvalue weighted by molar-refractivity contribution is 5.56. The van der Waals surface area contributed by atoms with E-state index in [0.717, 1.165) is 6.07 Å². The number of ether oxygens (including phenoxy) is 1. The summed E-state index contributed by atoms with van der Waals surface area (Å²) in [5.41, 5.74) is -0.648. The summed E-state index contributed by atoms with van der Waals surface area (Å²) in [7, 11) is 0. The van der Waals surface area contributed by atoms with Gasteiger partial charge in [-0.1, -0.05) is 29.4 Å². The van der Waals surface area contributed by atoms with Gasteiger partial charge >= 0.3 is 12.1 Å². The van der Waals surface area contributed by atoms with Gasteiger partial charge in [0.1, 0.15) is 12.4 Å². The summed E-state index contributed by atoms with van der Waals surface area (Å²) in [6, 6.07) is 10.7. The highest BCUT2D eigenvalue weighted by atomic mass is 19.4. The largest absolute Gasteiger partial charge is 0.489 e. The lowest BCUT2D eigenvalue weighted by Crippen LogP contribution is -2.05. The maximum absolute atomic E-state index is 14.1. The van der Waals surface area contributed by atoms with Crippen LogP contribution in [0.25, 0.3) is 11.4 Å². The smallest absolute Gasteiger partial charge is 0.471 e. The Bertz CT molecular complexity index is 878. The number of rotatable bonds is 4. The molecule has 0 atom stereocenters. The Morgan fingerprint density at radius 3 is 2.32 bits per heavy atom. The van der Waals surface area contributed by atoms with Crippen LogP contribution >= 0.6 is 0 Å². The molecule has 25 heavy (non-hydrogen) atoms. The monoisotopic (exact) mass is 356 g/mol. The molecule has 2 aromatic carbocycles. The SMILES string of the molecule is Fc1c(COc2ccccc2)ccc(-c2noc(C(F)(F)F)n2)c1F. The predicted molar refractivity (Wildman–Crippen MR) is 75.4 cm³/mol. The minimum atomic E-state index is -4.87. The average molecular weight is 356 g/mol. The van der Waals surface area contributed by atoms with E-state index in [1.54, 1.807) is 30.3 Å². The Morgan fingerprint density at radius 1 is 0.960 bits per heavy atom. The van der Waals surface area contributed by atoms with Gasteiger partial charge < -0.3 is 9.26 Å². The number of para-hydroxylation sites is 1. The quantitative estimate of drug-likeness (QED) is 0.641. The molecule has 0 amide bonds. The number of hydrogen-bond donors (Lipinski definition) is 0. The van der Waals surface area contributed by atoms with Crippen LogP contribution in [0.1, 0.15) is 11.5 Å². The molecule has 0 fully saturated rings. The Balaban J connectivity index is 1.84. The summed E-state index contributed by atoms with van der Waals surface area (Å²) >= 11 is 0. The van der Waals surface area contributed by atoms with Gasteiger partial charge in [0, 0.05) is 5.56 Å². The van der Waals surface area contributed by atoms with Gasteiger partial charge in [0.25, 0.3) is 0 Å². The Hall–Kier alpha value is -2.97. The Kier molecular flexibility index (Phi) is 4.39. The van der Waals surface area contributed by atoms with Crippen molar-refractivity contribution >= 4 is 0 Å². The summed E-state index contributed by atoms with van der Waals surface area (Å²) in [4.78, 5) is 3.04. The number of halogens is 5. The number of nitrogens with zero attached hydrogens (tertiary/aromatic N) is 2. The van der Waals surface area contributed by atoms with E-state index in [1.165, 1.54) is 6.07 Å². The molecule has 0 aliphatic carbocycles. The van der Waals surface area contributed by atoms with Crippen molar-refractivity contribution in [1.29, 1.82) is 0 Å². The maximum atomic E-state index is 14.1. The number of alkyl halides is 3. The van der Waals surface area contributed by atoms with Crippen LogP contribution in [-0.2, 0) is 12.8 Å². The highest BCUT2D eigenvalue weighted by Gasteiger charge is 2.38. The molecule has 1 heterocycles. The van der Waals surface area contributed by atoms with Crippen molar-refractivity contribution in [2.24, 2.45) is 0 Å². The molecule has 4 nitrogen and oxygen atoms in total. The minimum Gasteiger partial charge on any atom is -0.489 e. The highest BCUT2D eigenvalue weighted by Crippen LogP contribution is 2.31. The van der Waals surface area contributed by atoms with Crippen LogP contribution in [0.15, 0.2) is 47.0 Å². The fourth-order valence-electron chi connectivity index (χ4n) is 2.00. The Labute approximate surface area is 137 Å². The Morgan fingerprint density at radius 2 is 1.68 bits per heavy atom. The van der Waals surface area contributed by atoms with Gasteiger partial charge in [0.2, 0.25) is 5.82 Å². The zero-order valence-corrected chi connectivity index (χ0v) is 12.3. The normalized spacial score (nSPS) is 11.6. The van der Waals surface area contributed by atoms with Crippen molar-refractivity contribution in [1.82, 2.24) is 10.1 Å². The molecule has 1 aromatic heterocycles. The first-order valence-electron chi connectivity index (χ1n) is 6.92. The number of benzene rings is 2. The maximum Gasteiger partial charge on any atom is 0.471 e. The van der Waals surface area contributed by atoms with Crippen molar-refractivity contribution < 1.29 is 31.2 Å². The molecule has 0 aliphatic rings. The molecule has 0 saturated heterocycles. The average Bonchev–Trinajstić information content (AvgIpc) is 3.07. The van der Waals surface area contributed by atoms with E-state index in [1.807, 2.05) is 0 Å². The lowest BCUT2D eigenvalue weighted by molar-refractivity contribution is -0.159. The first kappa shape index (κ1) is 16.9. The molecular weight excluding hydrogens is 347 g/mol. The van der Waals surface area contributed by atoms with Gasteiger partial charge in [-0.05, 0) is 18.2 Å². The van der Waals surface area contributed by atoms with Crippen LogP contribution in [-0.4, -0.2) is 10.1 Å². The lowest BCUT2D eigenvalue weighted by atomic mass is 10.1. The fourth-order valence-corrected chi connectivity index (χ4v) is 2.00. The van der Waals surface area contributed by atoms with Gasteiger partial charge in [-0.3, -0.25) is 0 Å².